The summed E-state index contributed by atoms with van der Waals surface area (Å²) in [5.41, 5.74) is -0.666. The Kier molecular flexibility index (Phi) is 4.52. The number of halogens is 4. The quantitative estimate of drug-likeness (QED) is 0.225. The highest BCUT2D eigenvalue weighted by Gasteiger charge is 2.38. The SMILES string of the molecule is O=C(Cn1c(C(F)(F)F)nc2ccccc21)Oc1cc(F)ccc1[N+](=O)[O-]. The van der Waals surface area contributed by atoms with Gasteiger partial charge in [0.1, 0.15) is 12.4 Å². The maximum absolute atomic E-state index is 13.3. The van der Waals surface area contributed by atoms with Crippen LogP contribution in [-0.4, -0.2) is 20.4 Å². The number of carbonyl (C=O) groups excluding carboxylic acids is 1. The van der Waals surface area contributed by atoms with E-state index in [1.165, 1.54) is 24.3 Å². The summed E-state index contributed by atoms with van der Waals surface area (Å²) < 4.78 is 58.3. The molecular formula is C16H9F4N3O4. The fourth-order valence-corrected chi connectivity index (χ4v) is 2.46. The van der Waals surface area contributed by atoms with Crippen LogP contribution in [0.3, 0.4) is 0 Å². The summed E-state index contributed by atoms with van der Waals surface area (Å²) in [6, 6.07) is 7.79. The number of fused-ring (bicyclic) bond motifs is 1. The van der Waals surface area contributed by atoms with Gasteiger partial charge >= 0.3 is 17.8 Å². The molecule has 7 nitrogen and oxygen atoms in total. The molecule has 11 heteroatoms. The standard InChI is InChI=1S/C16H9F4N3O4/c17-9-5-6-12(23(25)26)13(7-9)27-14(24)8-22-11-4-2-1-3-10(11)21-15(22)16(18,19)20/h1-7H,8H2. The number of hydrogen-bond donors (Lipinski definition) is 0. The lowest BCUT2D eigenvalue weighted by molar-refractivity contribution is -0.385. The summed E-state index contributed by atoms with van der Waals surface area (Å²) in [6.45, 7) is -0.928. The second-order valence-corrected chi connectivity index (χ2v) is 5.35. The van der Waals surface area contributed by atoms with E-state index in [2.05, 4.69) is 4.98 Å². The number of alkyl halides is 3. The number of imidazole rings is 1. The van der Waals surface area contributed by atoms with Gasteiger partial charge in [0, 0.05) is 12.1 Å². The van der Waals surface area contributed by atoms with Crippen molar-refractivity contribution in [3.8, 4) is 5.75 Å². The largest absolute Gasteiger partial charge is 0.449 e. The summed E-state index contributed by atoms with van der Waals surface area (Å²) in [7, 11) is 0. The highest BCUT2D eigenvalue weighted by molar-refractivity contribution is 5.80. The van der Waals surface area contributed by atoms with Crippen molar-refractivity contribution in [2.24, 2.45) is 0 Å². The Morgan fingerprint density at radius 2 is 1.93 bits per heavy atom. The Labute approximate surface area is 147 Å². The van der Waals surface area contributed by atoms with E-state index in [0.29, 0.717) is 10.6 Å². The van der Waals surface area contributed by atoms with E-state index >= 15 is 0 Å². The summed E-state index contributed by atoms with van der Waals surface area (Å²) in [5, 5.41) is 10.9. The van der Waals surface area contributed by atoms with Gasteiger partial charge in [-0.15, -0.1) is 0 Å². The van der Waals surface area contributed by atoms with Gasteiger partial charge in [-0.2, -0.15) is 13.2 Å². The first-order chi connectivity index (χ1) is 12.7. The van der Waals surface area contributed by atoms with E-state index in [0.717, 1.165) is 12.1 Å². The molecule has 0 saturated carbocycles. The maximum Gasteiger partial charge on any atom is 0.449 e. The Hall–Kier alpha value is -3.50. The molecule has 0 saturated heterocycles. The van der Waals surface area contributed by atoms with Crippen LogP contribution >= 0.6 is 0 Å². The van der Waals surface area contributed by atoms with E-state index in [1.54, 1.807) is 0 Å². The Balaban J connectivity index is 1.96. The minimum Gasteiger partial charge on any atom is -0.418 e. The molecule has 0 spiro atoms. The lowest BCUT2D eigenvalue weighted by Gasteiger charge is -2.11. The minimum atomic E-state index is -4.84. The van der Waals surface area contributed by atoms with Gasteiger partial charge in [0.25, 0.3) is 0 Å². The zero-order valence-corrected chi connectivity index (χ0v) is 13.2. The van der Waals surface area contributed by atoms with Crippen molar-refractivity contribution in [2.75, 3.05) is 0 Å². The number of nitro benzene ring substituents is 1. The van der Waals surface area contributed by atoms with Crippen molar-refractivity contribution in [1.82, 2.24) is 9.55 Å². The molecule has 0 amide bonds. The van der Waals surface area contributed by atoms with Crippen LogP contribution in [0.25, 0.3) is 11.0 Å². The number of hydrogen-bond acceptors (Lipinski definition) is 5. The van der Waals surface area contributed by atoms with Crippen molar-refractivity contribution >= 4 is 22.7 Å². The molecule has 2 aromatic carbocycles. The van der Waals surface area contributed by atoms with E-state index in [1.807, 2.05) is 0 Å². The molecule has 1 heterocycles. The summed E-state index contributed by atoms with van der Waals surface area (Å²) >= 11 is 0. The normalized spacial score (nSPS) is 11.6. The third-order valence-corrected chi connectivity index (χ3v) is 3.54. The average Bonchev–Trinajstić information content (AvgIpc) is 2.93. The Bertz CT molecular complexity index is 1050. The van der Waals surface area contributed by atoms with E-state index in [4.69, 9.17) is 4.74 Å². The molecule has 3 rings (SSSR count). The Morgan fingerprint density at radius 1 is 1.22 bits per heavy atom. The summed E-state index contributed by atoms with van der Waals surface area (Å²) in [4.78, 5) is 25.6. The van der Waals surface area contributed by atoms with Crippen molar-refractivity contribution in [2.45, 2.75) is 12.7 Å². The minimum absolute atomic E-state index is 0.00867. The molecule has 140 valence electrons. The molecule has 0 aliphatic carbocycles. The molecule has 1 aromatic heterocycles. The number of carbonyl (C=O) groups is 1. The Morgan fingerprint density at radius 3 is 2.59 bits per heavy atom. The first kappa shape index (κ1) is 18.3. The van der Waals surface area contributed by atoms with Gasteiger partial charge in [0.2, 0.25) is 11.6 Å². The van der Waals surface area contributed by atoms with Gasteiger partial charge in [-0.05, 0) is 18.2 Å². The number of rotatable bonds is 4. The number of nitro groups is 1. The first-order valence-corrected chi connectivity index (χ1v) is 7.34. The van der Waals surface area contributed by atoms with Crippen LogP contribution < -0.4 is 4.74 Å². The van der Waals surface area contributed by atoms with Gasteiger partial charge in [0.05, 0.1) is 16.0 Å². The fraction of sp³-hybridized carbons (Fsp3) is 0.125. The van der Waals surface area contributed by atoms with E-state index < -0.39 is 46.7 Å². The summed E-state index contributed by atoms with van der Waals surface area (Å²) in [6.07, 6.45) is -4.84. The van der Waals surface area contributed by atoms with Crippen LogP contribution in [0.1, 0.15) is 5.82 Å². The van der Waals surface area contributed by atoms with Crippen molar-refractivity contribution < 1.29 is 32.0 Å². The van der Waals surface area contributed by atoms with Gasteiger partial charge in [-0.3, -0.25) is 10.1 Å². The third kappa shape index (κ3) is 3.71. The maximum atomic E-state index is 13.3. The highest BCUT2D eigenvalue weighted by Crippen LogP contribution is 2.32. The number of esters is 1. The fourth-order valence-electron chi connectivity index (χ4n) is 2.46. The predicted molar refractivity (Wildman–Crippen MR) is 83.4 cm³/mol. The van der Waals surface area contributed by atoms with Crippen LogP contribution in [0.4, 0.5) is 23.2 Å². The topological polar surface area (TPSA) is 87.3 Å². The molecule has 0 N–H and O–H groups in total. The summed E-state index contributed by atoms with van der Waals surface area (Å²) in [5.74, 6) is -4.19. The lowest BCUT2D eigenvalue weighted by atomic mass is 10.3. The lowest BCUT2D eigenvalue weighted by Crippen LogP contribution is -2.22. The number of aromatic nitrogens is 2. The molecule has 0 fully saturated rings. The van der Waals surface area contributed by atoms with E-state index in [9.17, 15) is 32.5 Å². The van der Waals surface area contributed by atoms with Gasteiger partial charge in [0.15, 0.2) is 0 Å². The van der Waals surface area contributed by atoms with Crippen LogP contribution in [0.2, 0.25) is 0 Å². The third-order valence-electron chi connectivity index (χ3n) is 3.54. The molecule has 0 atom stereocenters. The second-order valence-electron chi connectivity index (χ2n) is 5.35. The van der Waals surface area contributed by atoms with Crippen molar-refractivity contribution in [3.05, 3.63) is 64.2 Å². The molecule has 0 aliphatic rings. The molecule has 0 radical (unpaired) electrons. The average molecular weight is 383 g/mol. The number of ether oxygens (including phenoxy) is 1. The van der Waals surface area contributed by atoms with Gasteiger partial charge in [-0.25, -0.2) is 14.2 Å². The van der Waals surface area contributed by atoms with Crippen LogP contribution in [0.5, 0.6) is 5.75 Å². The predicted octanol–water partition coefficient (Wildman–Crippen LogP) is 3.71. The molecule has 27 heavy (non-hydrogen) atoms. The highest BCUT2D eigenvalue weighted by atomic mass is 19.4. The monoisotopic (exact) mass is 383 g/mol. The zero-order valence-electron chi connectivity index (χ0n) is 13.2. The van der Waals surface area contributed by atoms with Crippen molar-refractivity contribution in [1.29, 1.82) is 0 Å². The van der Waals surface area contributed by atoms with Gasteiger partial charge < -0.3 is 9.30 Å². The molecule has 0 unspecified atom stereocenters. The first-order valence-electron chi connectivity index (χ1n) is 7.34. The smallest absolute Gasteiger partial charge is 0.418 e. The number of nitrogens with zero attached hydrogens (tertiary/aromatic N) is 3. The number of benzene rings is 2. The van der Waals surface area contributed by atoms with Crippen LogP contribution in [-0.2, 0) is 17.5 Å². The van der Waals surface area contributed by atoms with Crippen LogP contribution in [0, 0.1) is 15.9 Å². The molecule has 3 aromatic rings. The molecule has 0 bridgehead atoms. The number of para-hydroxylation sites is 2. The van der Waals surface area contributed by atoms with E-state index in [-0.39, 0.29) is 11.0 Å². The molecular weight excluding hydrogens is 374 g/mol. The zero-order chi connectivity index (χ0) is 19.8. The second kappa shape index (κ2) is 6.67. The van der Waals surface area contributed by atoms with Crippen molar-refractivity contribution in [3.63, 3.8) is 0 Å². The van der Waals surface area contributed by atoms with Gasteiger partial charge in [-0.1, -0.05) is 12.1 Å². The molecule has 0 aliphatic heterocycles. The van der Waals surface area contributed by atoms with Crippen LogP contribution in [0.15, 0.2) is 42.5 Å².